The van der Waals surface area contributed by atoms with Gasteiger partial charge in [0.05, 0.1) is 7.11 Å². The molecule has 2 aromatic carbocycles. The number of halogens is 2. The summed E-state index contributed by atoms with van der Waals surface area (Å²) >= 11 is 0. The van der Waals surface area contributed by atoms with Gasteiger partial charge in [-0.25, -0.2) is 4.39 Å². The number of ether oxygens (including phenoxy) is 2. The lowest BCUT2D eigenvalue weighted by Crippen LogP contribution is -2.26. The van der Waals surface area contributed by atoms with Gasteiger partial charge in [0, 0.05) is 25.1 Å². The van der Waals surface area contributed by atoms with E-state index in [2.05, 4.69) is 4.90 Å². The van der Waals surface area contributed by atoms with Crippen molar-refractivity contribution in [3.63, 3.8) is 0 Å². The monoisotopic (exact) mass is 393 g/mol. The number of Topliss-reactive ketones (excluding diaryl/α,β-unsaturated/α-hetero) is 1. The maximum atomic E-state index is 12.9. The molecule has 1 fully saturated rings. The first-order valence-corrected chi connectivity index (χ1v) is 8.96. The van der Waals surface area contributed by atoms with Gasteiger partial charge in [-0.05, 0) is 55.8 Å². The molecule has 0 amide bonds. The second kappa shape index (κ2) is 10.3. The lowest BCUT2D eigenvalue weighted by Gasteiger charge is -2.18. The zero-order valence-corrected chi connectivity index (χ0v) is 16.2. The number of carbonyl (C=O) groups is 1. The molecule has 6 heteroatoms. The van der Waals surface area contributed by atoms with Gasteiger partial charge in [0.1, 0.15) is 11.9 Å². The molecular weight excluding hydrogens is 369 g/mol. The molecule has 0 spiro atoms. The Morgan fingerprint density at radius 2 is 1.85 bits per heavy atom. The minimum absolute atomic E-state index is 0. The predicted molar refractivity (Wildman–Crippen MR) is 106 cm³/mol. The van der Waals surface area contributed by atoms with Crippen molar-refractivity contribution in [2.75, 3.05) is 26.7 Å². The molecule has 1 aliphatic heterocycles. The second-order valence-corrected chi connectivity index (χ2v) is 6.51. The number of hydrogen-bond donors (Lipinski definition) is 0. The number of likely N-dealkylation sites (tertiary alicyclic amines) is 1. The Labute approximate surface area is 165 Å². The average molecular weight is 394 g/mol. The molecule has 0 bridgehead atoms. The number of benzene rings is 2. The van der Waals surface area contributed by atoms with Gasteiger partial charge < -0.3 is 9.47 Å². The minimum atomic E-state index is -0.320. The molecule has 1 heterocycles. The van der Waals surface area contributed by atoms with Crippen molar-refractivity contribution in [1.29, 1.82) is 0 Å². The fourth-order valence-corrected chi connectivity index (χ4v) is 3.24. The molecule has 2 aromatic rings. The topological polar surface area (TPSA) is 38.8 Å². The third-order valence-corrected chi connectivity index (χ3v) is 4.64. The van der Waals surface area contributed by atoms with E-state index in [0.717, 1.165) is 44.0 Å². The van der Waals surface area contributed by atoms with Crippen molar-refractivity contribution in [3.8, 4) is 11.5 Å². The third kappa shape index (κ3) is 5.94. The lowest BCUT2D eigenvalue weighted by molar-refractivity contribution is 0.0975. The SMILES string of the molecule is COc1ccccc1O[C@H]1CCN(CCCC(=O)c2ccc(F)cc2)C1.Cl. The van der Waals surface area contributed by atoms with Crippen molar-refractivity contribution in [2.45, 2.75) is 25.4 Å². The standard InChI is InChI=1S/C21H24FNO3.ClH/c1-25-20-6-2-3-7-21(20)26-18-12-14-23(15-18)13-4-5-19(24)16-8-10-17(22)11-9-16;/h2-3,6-11,18H,4-5,12-15H2,1H3;1H/t18-;/m0./s1. The highest BCUT2D eigenvalue weighted by Crippen LogP contribution is 2.28. The zero-order valence-electron chi connectivity index (χ0n) is 15.4. The molecule has 0 radical (unpaired) electrons. The summed E-state index contributed by atoms with van der Waals surface area (Å²) in [5, 5.41) is 0. The normalized spacial score (nSPS) is 16.6. The smallest absolute Gasteiger partial charge is 0.162 e. The quantitative estimate of drug-likeness (QED) is 0.624. The number of methoxy groups -OCH3 is 1. The van der Waals surface area contributed by atoms with Gasteiger partial charge in [0.2, 0.25) is 0 Å². The first kappa shape index (κ1) is 21.2. The van der Waals surface area contributed by atoms with E-state index in [9.17, 15) is 9.18 Å². The van der Waals surface area contributed by atoms with E-state index >= 15 is 0 Å². The number of rotatable bonds is 8. The van der Waals surface area contributed by atoms with Gasteiger partial charge in [-0.15, -0.1) is 12.4 Å². The fraction of sp³-hybridized carbons (Fsp3) is 0.381. The van der Waals surface area contributed by atoms with Gasteiger partial charge in [0.25, 0.3) is 0 Å². The summed E-state index contributed by atoms with van der Waals surface area (Å²) in [4.78, 5) is 14.4. The van der Waals surface area contributed by atoms with Crippen LogP contribution in [0.3, 0.4) is 0 Å². The summed E-state index contributed by atoms with van der Waals surface area (Å²) in [7, 11) is 1.64. The summed E-state index contributed by atoms with van der Waals surface area (Å²) < 4.78 is 24.3. The van der Waals surface area contributed by atoms with Crippen LogP contribution in [0.25, 0.3) is 0 Å². The molecule has 4 nitrogen and oxygen atoms in total. The number of ketones is 1. The number of para-hydroxylation sites is 2. The molecule has 27 heavy (non-hydrogen) atoms. The summed E-state index contributed by atoms with van der Waals surface area (Å²) in [6.45, 7) is 2.67. The Morgan fingerprint density at radius 1 is 1.15 bits per heavy atom. The highest BCUT2D eigenvalue weighted by Gasteiger charge is 2.24. The Hall–Kier alpha value is -2.11. The molecule has 3 rings (SSSR count). The molecule has 0 saturated carbocycles. The Bertz CT molecular complexity index is 738. The van der Waals surface area contributed by atoms with Crippen LogP contribution in [-0.2, 0) is 0 Å². The van der Waals surface area contributed by atoms with Crippen molar-refractivity contribution >= 4 is 18.2 Å². The van der Waals surface area contributed by atoms with E-state index in [0.29, 0.717) is 12.0 Å². The van der Waals surface area contributed by atoms with Crippen molar-refractivity contribution < 1.29 is 18.7 Å². The average Bonchev–Trinajstić information content (AvgIpc) is 3.10. The van der Waals surface area contributed by atoms with Gasteiger partial charge in [-0.1, -0.05) is 12.1 Å². The Kier molecular flexibility index (Phi) is 8.07. The first-order valence-electron chi connectivity index (χ1n) is 8.96. The fourth-order valence-electron chi connectivity index (χ4n) is 3.24. The van der Waals surface area contributed by atoms with Crippen LogP contribution in [-0.4, -0.2) is 43.5 Å². The van der Waals surface area contributed by atoms with Crippen LogP contribution >= 0.6 is 12.4 Å². The van der Waals surface area contributed by atoms with E-state index in [1.54, 1.807) is 19.2 Å². The minimum Gasteiger partial charge on any atom is -0.493 e. The van der Waals surface area contributed by atoms with Crippen LogP contribution < -0.4 is 9.47 Å². The van der Waals surface area contributed by atoms with Crippen molar-refractivity contribution in [1.82, 2.24) is 4.90 Å². The van der Waals surface area contributed by atoms with Crippen LogP contribution in [0.4, 0.5) is 4.39 Å². The van der Waals surface area contributed by atoms with E-state index < -0.39 is 0 Å². The summed E-state index contributed by atoms with van der Waals surface area (Å²) in [6.07, 6.45) is 2.36. The molecule has 0 unspecified atom stereocenters. The molecular formula is C21H25ClFNO3. The maximum absolute atomic E-state index is 12.9. The molecule has 0 aliphatic carbocycles. The number of nitrogens with zero attached hydrogens (tertiary/aromatic N) is 1. The van der Waals surface area contributed by atoms with Gasteiger partial charge in [-0.3, -0.25) is 9.69 Å². The molecule has 146 valence electrons. The molecule has 0 aromatic heterocycles. The highest BCUT2D eigenvalue weighted by molar-refractivity contribution is 5.95. The summed E-state index contributed by atoms with van der Waals surface area (Å²) in [6, 6.07) is 13.4. The number of hydrogen-bond acceptors (Lipinski definition) is 4. The van der Waals surface area contributed by atoms with Crippen LogP contribution in [0, 0.1) is 5.82 Å². The van der Waals surface area contributed by atoms with Crippen LogP contribution in [0.15, 0.2) is 48.5 Å². The van der Waals surface area contributed by atoms with Crippen LogP contribution in [0.1, 0.15) is 29.6 Å². The van der Waals surface area contributed by atoms with Crippen LogP contribution in [0.5, 0.6) is 11.5 Å². The lowest BCUT2D eigenvalue weighted by atomic mass is 10.1. The molecule has 0 N–H and O–H groups in total. The second-order valence-electron chi connectivity index (χ2n) is 6.51. The van der Waals surface area contributed by atoms with E-state index in [1.165, 1.54) is 12.1 Å². The van der Waals surface area contributed by atoms with Crippen LogP contribution in [0.2, 0.25) is 0 Å². The molecule has 1 saturated heterocycles. The Balaban J connectivity index is 0.00000261. The summed E-state index contributed by atoms with van der Waals surface area (Å²) in [5.41, 5.74) is 0.574. The zero-order chi connectivity index (χ0) is 18.4. The highest BCUT2D eigenvalue weighted by atomic mass is 35.5. The van der Waals surface area contributed by atoms with Gasteiger partial charge in [0.15, 0.2) is 17.3 Å². The van der Waals surface area contributed by atoms with Gasteiger partial charge >= 0.3 is 0 Å². The van der Waals surface area contributed by atoms with Gasteiger partial charge in [-0.2, -0.15) is 0 Å². The third-order valence-electron chi connectivity index (χ3n) is 4.64. The van der Waals surface area contributed by atoms with E-state index in [4.69, 9.17) is 9.47 Å². The van der Waals surface area contributed by atoms with E-state index in [-0.39, 0.29) is 30.1 Å². The molecule has 1 aliphatic rings. The first-order chi connectivity index (χ1) is 12.7. The number of carbonyl (C=O) groups excluding carboxylic acids is 1. The van der Waals surface area contributed by atoms with Crippen molar-refractivity contribution in [2.24, 2.45) is 0 Å². The Morgan fingerprint density at radius 3 is 2.56 bits per heavy atom. The maximum Gasteiger partial charge on any atom is 0.162 e. The predicted octanol–water partition coefficient (Wildman–Crippen LogP) is 4.37. The summed E-state index contributed by atoms with van der Waals surface area (Å²) in [5.74, 6) is 1.26. The van der Waals surface area contributed by atoms with Crippen molar-refractivity contribution in [3.05, 3.63) is 59.9 Å². The molecule has 1 atom stereocenters. The van der Waals surface area contributed by atoms with E-state index in [1.807, 2.05) is 24.3 Å². The largest absolute Gasteiger partial charge is 0.493 e.